The minimum Gasteiger partial charge on any atom is -0.469 e. The molecule has 1 saturated heterocycles. The molecule has 2 aliphatic rings. The molecule has 1 aliphatic heterocycles. The van der Waals surface area contributed by atoms with Gasteiger partial charge in [0, 0.05) is 30.1 Å². The summed E-state index contributed by atoms with van der Waals surface area (Å²) in [6.45, 7) is 1.10. The maximum atomic E-state index is 11.4. The molecule has 1 heterocycles. The predicted molar refractivity (Wildman–Crippen MR) is 71.2 cm³/mol. The molecule has 0 amide bonds. The summed E-state index contributed by atoms with van der Waals surface area (Å²) in [6.07, 6.45) is 8.86. The first-order chi connectivity index (χ1) is 8.31. The Morgan fingerprint density at radius 3 is 3.18 bits per heavy atom. The van der Waals surface area contributed by atoms with Crippen molar-refractivity contribution < 1.29 is 9.53 Å². The van der Waals surface area contributed by atoms with Gasteiger partial charge in [-0.15, -0.1) is 0 Å². The monoisotopic (exact) mass is 255 g/mol. The number of hydrogen-bond donors (Lipinski definition) is 0. The molecule has 1 fully saturated rings. The van der Waals surface area contributed by atoms with Gasteiger partial charge in [0.25, 0.3) is 0 Å². The van der Waals surface area contributed by atoms with Gasteiger partial charge in [-0.2, -0.15) is 11.8 Å². The van der Waals surface area contributed by atoms with E-state index in [0.29, 0.717) is 18.5 Å². The fourth-order valence-corrected chi connectivity index (χ4v) is 3.71. The molecule has 17 heavy (non-hydrogen) atoms. The molecule has 3 nitrogen and oxygen atoms in total. The van der Waals surface area contributed by atoms with Crippen LogP contribution < -0.4 is 0 Å². The molecule has 0 saturated carbocycles. The van der Waals surface area contributed by atoms with Crippen molar-refractivity contribution in [1.29, 1.82) is 0 Å². The van der Waals surface area contributed by atoms with E-state index in [1.165, 1.54) is 32.1 Å². The predicted octanol–water partition coefficient (Wildman–Crippen LogP) is 2.08. The summed E-state index contributed by atoms with van der Waals surface area (Å²) in [7, 11) is 1.48. The van der Waals surface area contributed by atoms with Crippen molar-refractivity contribution in [2.45, 2.75) is 37.8 Å². The lowest BCUT2D eigenvalue weighted by Gasteiger charge is -2.40. The first-order valence-corrected chi connectivity index (χ1v) is 7.53. The molecule has 0 N–H and O–H groups in total. The topological polar surface area (TPSA) is 29.5 Å². The van der Waals surface area contributed by atoms with Crippen LogP contribution in [-0.4, -0.2) is 48.1 Å². The van der Waals surface area contributed by atoms with Crippen LogP contribution in [0.15, 0.2) is 12.2 Å². The van der Waals surface area contributed by atoms with Crippen LogP contribution in [0.5, 0.6) is 0 Å². The number of nitrogens with zero attached hydrogens (tertiary/aromatic N) is 1. The van der Waals surface area contributed by atoms with Crippen molar-refractivity contribution in [2.24, 2.45) is 0 Å². The molecule has 2 atom stereocenters. The van der Waals surface area contributed by atoms with E-state index in [4.69, 9.17) is 4.74 Å². The third kappa shape index (κ3) is 3.49. The highest BCUT2D eigenvalue weighted by Gasteiger charge is 2.30. The van der Waals surface area contributed by atoms with Gasteiger partial charge >= 0.3 is 5.97 Å². The van der Waals surface area contributed by atoms with Crippen LogP contribution in [0.25, 0.3) is 0 Å². The standard InChI is InChI=1S/C13H21NO2S/c1-16-13(15)9-12-10-17-8-7-14(12)11-5-3-2-4-6-11/h3,5,11-12H,2,4,6-10H2,1H3/t11-,12-/m1/s1. The van der Waals surface area contributed by atoms with Crippen LogP contribution in [0, 0.1) is 0 Å². The second kappa shape index (κ2) is 6.45. The van der Waals surface area contributed by atoms with Gasteiger partial charge in [-0.1, -0.05) is 12.2 Å². The Balaban J connectivity index is 1.98. The van der Waals surface area contributed by atoms with E-state index in [2.05, 4.69) is 17.1 Å². The fraction of sp³-hybridized carbons (Fsp3) is 0.769. The Hall–Kier alpha value is -0.480. The number of rotatable bonds is 3. The Morgan fingerprint density at radius 2 is 2.47 bits per heavy atom. The number of esters is 1. The summed E-state index contributed by atoms with van der Waals surface area (Å²) in [5.41, 5.74) is 0. The highest BCUT2D eigenvalue weighted by molar-refractivity contribution is 7.99. The van der Waals surface area contributed by atoms with Gasteiger partial charge in [0.05, 0.1) is 13.5 Å². The lowest BCUT2D eigenvalue weighted by atomic mass is 9.99. The van der Waals surface area contributed by atoms with Gasteiger partial charge in [-0.3, -0.25) is 9.69 Å². The van der Waals surface area contributed by atoms with E-state index < -0.39 is 0 Å². The molecule has 1 aliphatic carbocycles. The molecule has 0 unspecified atom stereocenters. The SMILES string of the molecule is COC(=O)C[C@@H]1CSCCN1[C@@H]1C=CCCC1. The molecule has 2 rings (SSSR count). The van der Waals surface area contributed by atoms with Crippen molar-refractivity contribution in [3.8, 4) is 0 Å². The molecular weight excluding hydrogens is 234 g/mol. The van der Waals surface area contributed by atoms with Crippen LogP contribution in [0.2, 0.25) is 0 Å². The molecule has 0 aromatic rings. The van der Waals surface area contributed by atoms with Crippen molar-refractivity contribution >= 4 is 17.7 Å². The number of hydrogen-bond acceptors (Lipinski definition) is 4. The zero-order chi connectivity index (χ0) is 12.1. The first kappa shape index (κ1) is 13.0. The molecule has 0 aromatic carbocycles. The number of ether oxygens (including phenoxy) is 1. The van der Waals surface area contributed by atoms with Crippen LogP contribution in [0.1, 0.15) is 25.7 Å². The van der Waals surface area contributed by atoms with Crippen molar-refractivity contribution in [2.75, 3.05) is 25.2 Å². The number of methoxy groups -OCH3 is 1. The van der Waals surface area contributed by atoms with Crippen molar-refractivity contribution in [3.63, 3.8) is 0 Å². The van der Waals surface area contributed by atoms with Gasteiger partial charge in [-0.25, -0.2) is 0 Å². The van der Waals surface area contributed by atoms with E-state index in [0.717, 1.165) is 12.3 Å². The number of carbonyl (C=O) groups is 1. The van der Waals surface area contributed by atoms with E-state index in [-0.39, 0.29) is 5.97 Å². The molecule has 0 radical (unpaired) electrons. The Kier molecular flexibility index (Phi) is 4.92. The summed E-state index contributed by atoms with van der Waals surface area (Å²) in [6, 6.07) is 0.897. The Morgan fingerprint density at radius 1 is 1.59 bits per heavy atom. The third-order valence-corrected chi connectivity index (χ3v) is 4.65. The molecule has 0 bridgehead atoms. The average Bonchev–Trinajstić information content (AvgIpc) is 2.40. The van der Waals surface area contributed by atoms with Gasteiger partial charge in [0.2, 0.25) is 0 Å². The van der Waals surface area contributed by atoms with E-state index in [9.17, 15) is 4.79 Å². The van der Waals surface area contributed by atoms with Crippen LogP contribution >= 0.6 is 11.8 Å². The van der Waals surface area contributed by atoms with E-state index >= 15 is 0 Å². The van der Waals surface area contributed by atoms with Gasteiger partial charge < -0.3 is 4.74 Å². The number of thioether (sulfide) groups is 1. The highest BCUT2D eigenvalue weighted by atomic mass is 32.2. The number of carbonyl (C=O) groups excluding carboxylic acids is 1. The van der Waals surface area contributed by atoms with E-state index in [1.54, 1.807) is 0 Å². The second-order valence-electron chi connectivity index (χ2n) is 4.67. The lowest BCUT2D eigenvalue weighted by molar-refractivity contribution is -0.142. The second-order valence-corrected chi connectivity index (χ2v) is 5.82. The van der Waals surface area contributed by atoms with Crippen LogP contribution in [0.3, 0.4) is 0 Å². The van der Waals surface area contributed by atoms with Crippen molar-refractivity contribution in [1.82, 2.24) is 4.90 Å². The Labute approximate surface area is 108 Å². The largest absolute Gasteiger partial charge is 0.469 e. The van der Waals surface area contributed by atoms with Crippen LogP contribution in [-0.2, 0) is 9.53 Å². The summed E-state index contributed by atoms with van der Waals surface area (Å²) < 4.78 is 4.80. The average molecular weight is 255 g/mol. The summed E-state index contributed by atoms with van der Waals surface area (Å²) >= 11 is 1.95. The van der Waals surface area contributed by atoms with Gasteiger partial charge in [0.15, 0.2) is 0 Å². The zero-order valence-electron chi connectivity index (χ0n) is 10.4. The van der Waals surface area contributed by atoms with Crippen molar-refractivity contribution in [3.05, 3.63) is 12.2 Å². The maximum absolute atomic E-state index is 11.4. The highest BCUT2D eigenvalue weighted by Crippen LogP contribution is 2.26. The number of allylic oxidation sites excluding steroid dienone is 1. The third-order valence-electron chi connectivity index (χ3n) is 3.56. The van der Waals surface area contributed by atoms with E-state index in [1.807, 2.05) is 11.8 Å². The maximum Gasteiger partial charge on any atom is 0.307 e. The minimum atomic E-state index is -0.0812. The first-order valence-electron chi connectivity index (χ1n) is 6.38. The minimum absolute atomic E-state index is 0.0812. The van der Waals surface area contributed by atoms with Gasteiger partial charge in [-0.05, 0) is 19.3 Å². The van der Waals surface area contributed by atoms with Crippen LogP contribution in [0.4, 0.5) is 0 Å². The molecule has 0 aromatic heterocycles. The quantitative estimate of drug-likeness (QED) is 0.570. The summed E-state index contributed by atoms with van der Waals surface area (Å²) in [5.74, 6) is 2.16. The normalized spacial score (nSPS) is 30.2. The van der Waals surface area contributed by atoms with Gasteiger partial charge in [0.1, 0.15) is 0 Å². The summed E-state index contributed by atoms with van der Waals surface area (Å²) in [4.78, 5) is 13.9. The molecule has 96 valence electrons. The molecular formula is C13H21NO2S. The smallest absolute Gasteiger partial charge is 0.307 e. The zero-order valence-corrected chi connectivity index (χ0v) is 11.2. The molecule has 4 heteroatoms. The fourth-order valence-electron chi connectivity index (χ4n) is 2.63. The molecule has 0 spiro atoms. The summed E-state index contributed by atoms with van der Waals surface area (Å²) in [5, 5.41) is 0. The Bertz CT molecular complexity index is 293. The lowest BCUT2D eigenvalue weighted by Crippen LogP contribution is -2.49.